The molecule has 1 aromatic carbocycles. The molecule has 11 heteroatoms. The lowest BCUT2D eigenvalue weighted by molar-refractivity contribution is -0.146. The van der Waals surface area contributed by atoms with E-state index in [1.54, 1.807) is 12.1 Å². The molecule has 1 saturated heterocycles. The van der Waals surface area contributed by atoms with Gasteiger partial charge in [-0.05, 0) is 6.07 Å². The van der Waals surface area contributed by atoms with Crippen molar-refractivity contribution in [1.82, 2.24) is 4.57 Å². The first-order chi connectivity index (χ1) is 13.8. The second kappa shape index (κ2) is 9.14. The van der Waals surface area contributed by atoms with Gasteiger partial charge in [-0.2, -0.15) is 0 Å². The minimum absolute atomic E-state index is 0.00354. The van der Waals surface area contributed by atoms with Crippen molar-refractivity contribution in [1.29, 1.82) is 0 Å². The van der Waals surface area contributed by atoms with E-state index in [1.165, 1.54) is 4.57 Å². The molecule has 29 heavy (non-hydrogen) atoms. The SMILES string of the molecule is NC(CO)(CO)COC(=O)CCn1c(=O)oc2cc(OCC3COC3)c(Cl)cc21. The Bertz CT molecular complexity index is 916. The van der Waals surface area contributed by atoms with Gasteiger partial charge in [0.05, 0.1) is 55.5 Å². The Hall–Kier alpha value is -2.11. The second-order valence-corrected chi connectivity index (χ2v) is 7.48. The summed E-state index contributed by atoms with van der Waals surface area (Å²) >= 11 is 6.26. The number of rotatable bonds is 10. The maximum atomic E-state index is 12.2. The number of esters is 1. The average molecular weight is 431 g/mol. The predicted octanol–water partition coefficient (Wildman–Crippen LogP) is -0.112. The zero-order valence-corrected chi connectivity index (χ0v) is 16.4. The molecule has 0 saturated carbocycles. The molecule has 1 aliphatic heterocycles. The van der Waals surface area contributed by atoms with Crippen LogP contribution in [0.15, 0.2) is 21.3 Å². The van der Waals surface area contributed by atoms with Crippen LogP contribution in [0.2, 0.25) is 5.02 Å². The molecule has 0 amide bonds. The van der Waals surface area contributed by atoms with Crippen molar-refractivity contribution in [3.8, 4) is 5.75 Å². The van der Waals surface area contributed by atoms with Gasteiger partial charge in [-0.1, -0.05) is 11.6 Å². The number of fused-ring (bicyclic) bond motifs is 1. The number of ether oxygens (including phenoxy) is 3. The fourth-order valence-corrected chi connectivity index (χ4v) is 2.83. The molecule has 2 aromatic rings. The van der Waals surface area contributed by atoms with Gasteiger partial charge in [-0.15, -0.1) is 0 Å². The van der Waals surface area contributed by atoms with Crippen LogP contribution in [-0.4, -0.2) is 65.9 Å². The molecule has 0 bridgehead atoms. The molecule has 0 spiro atoms. The molecule has 1 fully saturated rings. The van der Waals surface area contributed by atoms with Crippen LogP contribution in [0.1, 0.15) is 6.42 Å². The minimum Gasteiger partial charge on any atom is -0.491 e. The van der Waals surface area contributed by atoms with Gasteiger partial charge < -0.3 is 34.6 Å². The third kappa shape index (κ3) is 5.09. The quantitative estimate of drug-likeness (QED) is 0.439. The topological polar surface area (TPSA) is 146 Å². The zero-order valence-electron chi connectivity index (χ0n) is 15.6. The van der Waals surface area contributed by atoms with Gasteiger partial charge in [0, 0.05) is 18.5 Å². The van der Waals surface area contributed by atoms with Crippen LogP contribution in [0.4, 0.5) is 0 Å². The first-order valence-electron chi connectivity index (χ1n) is 9.05. The van der Waals surface area contributed by atoms with E-state index in [2.05, 4.69) is 0 Å². The summed E-state index contributed by atoms with van der Waals surface area (Å²) in [6, 6.07) is 3.08. The Morgan fingerprint density at radius 3 is 2.69 bits per heavy atom. The molecule has 1 aliphatic rings. The summed E-state index contributed by atoms with van der Waals surface area (Å²) in [5.74, 6) is -0.573. The highest BCUT2D eigenvalue weighted by atomic mass is 35.5. The van der Waals surface area contributed by atoms with Crippen LogP contribution >= 0.6 is 11.6 Å². The summed E-state index contributed by atoms with van der Waals surface area (Å²) in [7, 11) is 0. The number of carbonyl (C=O) groups is 1. The number of hydrogen-bond donors (Lipinski definition) is 3. The van der Waals surface area contributed by atoms with E-state index >= 15 is 0 Å². The molecular weight excluding hydrogens is 408 g/mol. The Kier molecular flexibility index (Phi) is 6.81. The number of aromatic nitrogens is 1. The van der Waals surface area contributed by atoms with Crippen molar-refractivity contribution in [3.05, 3.63) is 27.7 Å². The Morgan fingerprint density at radius 2 is 2.07 bits per heavy atom. The van der Waals surface area contributed by atoms with Crippen LogP contribution < -0.4 is 16.2 Å². The first-order valence-corrected chi connectivity index (χ1v) is 9.42. The Morgan fingerprint density at radius 1 is 1.34 bits per heavy atom. The largest absolute Gasteiger partial charge is 0.491 e. The van der Waals surface area contributed by atoms with E-state index in [-0.39, 0.29) is 25.2 Å². The summed E-state index contributed by atoms with van der Waals surface area (Å²) in [5, 5.41) is 18.5. The predicted molar refractivity (Wildman–Crippen MR) is 102 cm³/mol. The monoisotopic (exact) mass is 430 g/mol. The van der Waals surface area contributed by atoms with Crippen molar-refractivity contribution in [3.63, 3.8) is 0 Å². The number of aryl methyl sites for hydroxylation is 1. The molecule has 0 unspecified atom stereocenters. The summed E-state index contributed by atoms with van der Waals surface area (Å²) in [5.41, 5.74) is 4.94. The molecule has 0 aliphatic carbocycles. The van der Waals surface area contributed by atoms with Crippen molar-refractivity contribution in [2.45, 2.75) is 18.5 Å². The van der Waals surface area contributed by atoms with Crippen LogP contribution in [0, 0.1) is 5.92 Å². The van der Waals surface area contributed by atoms with Gasteiger partial charge in [-0.25, -0.2) is 4.79 Å². The van der Waals surface area contributed by atoms with Crippen molar-refractivity contribution >= 4 is 28.7 Å². The number of nitrogens with two attached hydrogens (primary N) is 1. The van der Waals surface area contributed by atoms with Crippen molar-refractivity contribution < 1.29 is 33.6 Å². The summed E-state index contributed by atoms with van der Waals surface area (Å²) in [4.78, 5) is 24.1. The minimum atomic E-state index is -1.41. The third-order valence-electron chi connectivity index (χ3n) is 4.59. The molecule has 0 atom stereocenters. The van der Waals surface area contributed by atoms with E-state index in [0.717, 1.165) is 0 Å². The van der Waals surface area contributed by atoms with Gasteiger partial charge in [-0.3, -0.25) is 9.36 Å². The van der Waals surface area contributed by atoms with E-state index in [1.807, 2.05) is 0 Å². The number of aliphatic hydroxyl groups excluding tert-OH is 2. The van der Waals surface area contributed by atoms with Gasteiger partial charge in [0.25, 0.3) is 0 Å². The van der Waals surface area contributed by atoms with Gasteiger partial charge in [0.1, 0.15) is 12.4 Å². The molecule has 3 rings (SSSR count). The summed E-state index contributed by atoms with van der Waals surface area (Å²) in [6.07, 6.45) is -0.140. The van der Waals surface area contributed by atoms with Crippen LogP contribution in [0.3, 0.4) is 0 Å². The number of aliphatic hydroxyl groups is 2. The summed E-state index contributed by atoms with van der Waals surface area (Å²) < 4.78 is 22.2. The fraction of sp³-hybridized carbons (Fsp3) is 0.556. The number of halogens is 1. The number of benzene rings is 1. The smallest absolute Gasteiger partial charge is 0.419 e. The lowest BCUT2D eigenvalue weighted by Crippen LogP contribution is -2.51. The molecule has 0 radical (unpaired) electrons. The molecule has 1 aromatic heterocycles. The van der Waals surface area contributed by atoms with E-state index in [9.17, 15) is 9.59 Å². The lowest BCUT2D eigenvalue weighted by Gasteiger charge is -2.25. The normalized spacial score (nSPS) is 14.8. The Labute approximate surface area is 170 Å². The average Bonchev–Trinajstić information content (AvgIpc) is 2.97. The van der Waals surface area contributed by atoms with Crippen LogP contribution in [0.5, 0.6) is 5.75 Å². The van der Waals surface area contributed by atoms with E-state index < -0.39 is 30.5 Å². The van der Waals surface area contributed by atoms with Gasteiger partial charge in [0.2, 0.25) is 0 Å². The highest BCUT2D eigenvalue weighted by Gasteiger charge is 2.25. The maximum absolute atomic E-state index is 12.2. The van der Waals surface area contributed by atoms with Crippen molar-refractivity contribution in [2.24, 2.45) is 11.7 Å². The molecule has 10 nitrogen and oxygen atoms in total. The molecule has 4 N–H and O–H groups in total. The fourth-order valence-electron chi connectivity index (χ4n) is 2.62. The summed E-state index contributed by atoms with van der Waals surface area (Å²) in [6.45, 7) is 0.298. The number of carbonyl (C=O) groups excluding carboxylic acids is 1. The van der Waals surface area contributed by atoms with Gasteiger partial charge >= 0.3 is 11.7 Å². The lowest BCUT2D eigenvalue weighted by atomic mass is 10.1. The molecular formula is C18H23ClN2O8. The Balaban J connectivity index is 1.64. The zero-order chi connectivity index (χ0) is 21.0. The van der Waals surface area contributed by atoms with E-state index in [0.29, 0.717) is 42.0 Å². The number of oxazole rings is 1. The first kappa shape index (κ1) is 21.6. The van der Waals surface area contributed by atoms with Crippen molar-refractivity contribution in [2.75, 3.05) is 39.6 Å². The third-order valence-corrected chi connectivity index (χ3v) is 4.89. The van der Waals surface area contributed by atoms with Crippen LogP contribution in [0.25, 0.3) is 11.1 Å². The standard InChI is InChI=1S/C18H23ClN2O8/c19-12-3-13-15(4-14(12)27-7-11-5-26-6-11)29-17(25)21(13)2-1-16(24)28-10-18(20,8-22)9-23/h3-4,11,22-23H,1-2,5-10,20H2. The van der Waals surface area contributed by atoms with Crippen LogP contribution in [-0.2, 0) is 20.8 Å². The number of hydrogen-bond acceptors (Lipinski definition) is 9. The van der Waals surface area contributed by atoms with E-state index in [4.69, 9.17) is 46.2 Å². The van der Waals surface area contributed by atoms with Gasteiger partial charge in [0.15, 0.2) is 5.58 Å². The number of nitrogens with zero attached hydrogens (tertiary/aromatic N) is 1. The highest BCUT2D eigenvalue weighted by Crippen LogP contribution is 2.30. The highest BCUT2D eigenvalue weighted by molar-refractivity contribution is 6.32. The molecule has 2 heterocycles. The second-order valence-electron chi connectivity index (χ2n) is 7.07. The molecule has 160 valence electrons. The maximum Gasteiger partial charge on any atom is 0.419 e.